The summed E-state index contributed by atoms with van der Waals surface area (Å²) in [6, 6.07) is 7.97. The van der Waals surface area contributed by atoms with Gasteiger partial charge in [0, 0.05) is 4.47 Å². The Kier molecular flexibility index (Phi) is 5.06. The highest BCUT2D eigenvalue weighted by Crippen LogP contribution is 2.32. The summed E-state index contributed by atoms with van der Waals surface area (Å²) in [5.74, 6) is 0.861. The topological polar surface area (TPSA) is 35.2 Å². The first-order chi connectivity index (χ1) is 8.61. The van der Waals surface area contributed by atoms with Gasteiger partial charge in [-0.05, 0) is 64.2 Å². The average Bonchev–Trinajstić information content (AvgIpc) is 2.76. The highest BCUT2D eigenvalue weighted by molar-refractivity contribution is 14.1. The third-order valence-corrected chi connectivity index (χ3v) is 5.06. The van der Waals surface area contributed by atoms with Gasteiger partial charge in [-0.1, -0.05) is 22.0 Å². The molecule has 2 aromatic rings. The SMILES string of the molecule is CCOc1ccc(C(N)c2csc(I)c2)c(Br)c1. The van der Waals surface area contributed by atoms with Crippen molar-refractivity contribution >= 4 is 49.9 Å². The molecule has 1 atom stereocenters. The number of halogens is 2. The van der Waals surface area contributed by atoms with Gasteiger partial charge >= 0.3 is 0 Å². The van der Waals surface area contributed by atoms with Crippen LogP contribution >= 0.6 is 49.9 Å². The van der Waals surface area contributed by atoms with E-state index in [1.165, 1.54) is 2.88 Å². The van der Waals surface area contributed by atoms with Crippen LogP contribution in [0.15, 0.2) is 34.1 Å². The van der Waals surface area contributed by atoms with Gasteiger partial charge in [-0.25, -0.2) is 0 Å². The smallest absolute Gasteiger partial charge is 0.120 e. The third-order valence-electron chi connectivity index (χ3n) is 2.56. The minimum absolute atomic E-state index is 0.102. The maximum absolute atomic E-state index is 6.29. The Morgan fingerprint density at radius 3 is 2.78 bits per heavy atom. The Labute approximate surface area is 133 Å². The molecule has 1 aromatic carbocycles. The Bertz CT molecular complexity index is 544. The van der Waals surface area contributed by atoms with Gasteiger partial charge in [-0.2, -0.15) is 0 Å². The first-order valence-corrected chi connectivity index (χ1v) is 8.28. The van der Waals surface area contributed by atoms with E-state index in [1.54, 1.807) is 11.3 Å². The van der Waals surface area contributed by atoms with E-state index in [-0.39, 0.29) is 6.04 Å². The second kappa shape index (κ2) is 6.36. The first kappa shape index (κ1) is 14.3. The average molecular weight is 438 g/mol. The summed E-state index contributed by atoms with van der Waals surface area (Å²) >= 11 is 7.58. The molecule has 0 radical (unpaired) electrons. The minimum atomic E-state index is -0.102. The number of benzene rings is 1. The van der Waals surface area contributed by atoms with Gasteiger partial charge < -0.3 is 10.5 Å². The Balaban J connectivity index is 2.28. The lowest BCUT2D eigenvalue weighted by Gasteiger charge is -2.14. The standard InChI is InChI=1S/C13H13BrINOS/c1-2-17-9-3-4-10(11(14)6-9)13(16)8-5-12(15)18-7-8/h3-7,13H,2,16H2,1H3. The van der Waals surface area contributed by atoms with Gasteiger partial charge in [0.05, 0.1) is 15.5 Å². The third kappa shape index (κ3) is 3.26. The Morgan fingerprint density at radius 2 is 2.22 bits per heavy atom. The lowest BCUT2D eigenvalue weighted by atomic mass is 10.0. The summed E-state index contributed by atoms with van der Waals surface area (Å²) in [5.41, 5.74) is 8.51. The van der Waals surface area contributed by atoms with Crippen molar-refractivity contribution in [3.05, 3.63) is 48.1 Å². The predicted molar refractivity (Wildman–Crippen MR) is 88.4 cm³/mol. The maximum atomic E-state index is 6.29. The summed E-state index contributed by atoms with van der Waals surface area (Å²) in [6.45, 7) is 2.64. The molecule has 0 aliphatic rings. The van der Waals surface area contributed by atoms with Crippen molar-refractivity contribution in [2.24, 2.45) is 5.73 Å². The monoisotopic (exact) mass is 437 g/mol. The van der Waals surface area contributed by atoms with Crippen LogP contribution in [-0.2, 0) is 0 Å². The van der Waals surface area contributed by atoms with E-state index < -0.39 is 0 Å². The number of hydrogen-bond donors (Lipinski definition) is 1. The minimum Gasteiger partial charge on any atom is -0.494 e. The fourth-order valence-electron chi connectivity index (χ4n) is 1.68. The molecule has 0 saturated heterocycles. The molecular weight excluding hydrogens is 425 g/mol. The van der Waals surface area contributed by atoms with Crippen LogP contribution in [0.3, 0.4) is 0 Å². The molecule has 0 fully saturated rings. The molecule has 0 bridgehead atoms. The van der Waals surface area contributed by atoms with Crippen LogP contribution in [0.1, 0.15) is 24.1 Å². The molecule has 2 rings (SSSR count). The van der Waals surface area contributed by atoms with Crippen LogP contribution in [-0.4, -0.2) is 6.61 Å². The maximum Gasteiger partial charge on any atom is 0.120 e. The lowest BCUT2D eigenvalue weighted by molar-refractivity contribution is 0.340. The van der Waals surface area contributed by atoms with Crippen molar-refractivity contribution in [1.29, 1.82) is 0 Å². The Morgan fingerprint density at radius 1 is 1.44 bits per heavy atom. The molecule has 2 N–H and O–H groups in total. The number of ether oxygens (including phenoxy) is 1. The lowest BCUT2D eigenvalue weighted by Crippen LogP contribution is -2.11. The van der Waals surface area contributed by atoms with Crippen molar-refractivity contribution in [3.8, 4) is 5.75 Å². The zero-order valence-electron chi connectivity index (χ0n) is 9.82. The zero-order chi connectivity index (χ0) is 13.1. The van der Waals surface area contributed by atoms with E-state index >= 15 is 0 Å². The van der Waals surface area contributed by atoms with Gasteiger partial charge in [-0.3, -0.25) is 0 Å². The molecule has 0 amide bonds. The molecule has 0 aliphatic heterocycles. The van der Waals surface area contributed by atoms with Crippen molar-refractivity contribution in [2.75, 3.05) is 6.61 Å². The highest BCUT2D eigenvalue weighted by Gasteiger charge is 2.14. The molecular formula is C13H13BrINOS. The summed E-state index contributed by atoms with van der Waals surface area (Å²) < 4.78 is 7.70. The Hall–Kier alpha value is -0.110. The molecule has 0 saturated carbocycles. The molecule has 96 valence electrons. The van der Waals surface area contributed by atoms with Crippen LogP contribution in [0.25, 0.3) is 0 Å². The summed E-state index contributed by atoms with van der Waals surface area (Å²) in [7, 11) is 0. The van der Waals surface area contributed by atoms with E-state index in [0.717, 1.165) is 21.3 Å². The second-order valence-electron chi connectivity index (χ2n) is 3.78. The summed E-state index contributed by atoms with van der Waals surface area (Å²) in [5, 5.41) is 2.11. The summed E-state index contributed by atoms with van der Waals surface area (Å²) in [4.78, 5) is 0. The van der Waals surface area contributed by atoms with E-state index in [4.69, 9.17) is 10.5 Å². The van der Waals surface area contributed by atoms with Gasteiger partial charge in [0.25, 0.3) is 0 Å². The molecule has 18 heavy (non-hydrogen) atoms. The van der Waals surface area contributed by atoms with Crippen LogP contribution in [0.5, 0.6) is 5.75 Å². The van der Waals surface area contributed by atoms with Gasteiger partial charge in [-0.15, -0.1) is 11.3 Å². The van der Waals surface area contributed by atoms with Crippen molar-refractivity contribution in [1.82, 2.24) is 0 Å². The zero-order valence-corrected chi connectivity index (χ0v) is 14.4. The molecule has 1 aromatic heterocycles. The number of rotatable bonds is 4. The largest absolute Gasteiger partial charge is 0.494 e. The molecule has 0 aliphatic carbocycles. The first-order valence-electron chi connectivity index (χ1n) is 5.53. The number of thiophene rings is 1. The van der Waals surface area contributed by atoms with Gasteiger partial charge in [0.2, 0.25) is 0 Å². The summed E-state index contributed by atoms with van der Waals surface area (Å²) in [6.07, 6.45) is 0. The van der Waals surface area contributed by atoms with E-state index in [2.05, 4.69) is 50.0 Å². The fraction of sp³-hybridized carbons (Fsp3) is 0.231. The van der Waals surface area contributed by atoms with Crippen molar-refractivity contribution in [2.45, 2.75) is 13.0 Å². The molecule has 1 unspecified atom stereocenters. The van der Waals surface area contributed by atoms with Crippen molar-refractivity contribution in [3.63, 3.8) is 0 Å². The quantitative estimate of drug-likeness (QED) is 0.711. The molecule has 2 nitrogen and oxygen atoms in total. The molecule has 1 heterocycles. The normalized spacial score (nSPS) is 12.4. The van der Waals surface area contributed by atoms with E-state index in [1.807, 2.05) is 25.1 Å². The second-order valence-corrected chi connectivity index (χ2v) is 7.44. The number of hydrogen-bond acceptors (Lipinski definition) is 3. The van der Waals surface area contributed by atoms with E-state index in [0.29, 0.717) is 6.61 Å². The van der Waals surface area contributed by atoms with Gasteiger partial charge in [0.15, 0.2) is 0 Å². The van der Waals surface area contributed by atoms with Crippen LogP contribution < -0.4 is 10.5 Å². The van der Waals surface area contributed by atoms with Crippen LogP contribution in [0.2, 0.25) is 0 Å². The van der Waals surface area contributed by atoms with Crippen LogP contribution in [0.4, 0.5) is 0 Å². The fourth-order valence-corrected chi connectivity index (χ4v) is 3.70. The van der Waals surface area contributed by atoms with Crippen molar-refractivity contribution < 1.29 is 4.74 Å². The van der Waals surface area contributed by atoms with Gasteiger partial charge in [0.1, 0.15) is 5.75 Å². The molecule has 5 heteroatoms. The van der Waals surface area contributed by atoms with E-state index in [9.17, 15) is 0 Å². The molecule has 0 spiro atoms. The predicted octanol–water partition coefficient (Wildman–Crippen LogP) is 4.56. The van der Waals surface area contributed by atoms with Crippen LogP contribution in [0, 0.1) is 2.88 Å². The highest BCUT2D eigenvalue weighted by atomic mass is 127. The number of nitrogens with two attached hydrogens (primary N) is 1.